The van der Waals surface area contributed by atoms with Crippen molar-refractivity contribution < 1.29 is 14.7 Å². The normalized spacial score (nSPS) is 15.4. The van der Waals surface area contributed by atoms with E-state index in [2.05, 4.69) is 0 Å². The van der Waals surface area contributed by atoms with Gasteiger partial charge in [-0.2, -0.15) is 0 Å². The molecule has 0 bridgehead atoms. The van der Waals surface area contributed by atoms with E-state index in [4.69, 9.17) is 5.11 Å². The lowest BCUT2D eigenvalue weighted by Crippen LogP contribution is -2.28. The zero-order chi connectivity index (χ0) is 11.7. The summed E-state index contributed by atoms with van der Waals surface area (Å²) in [5.41, 5.74) is 0.995. The van der Waals surface area contributed by atoms with Crippen molar-refractivity contribution in [2.24, 2.45) is 0 Å². The molecule has 1 aliphatic rings. The molecular weight excluding hydrogens is 226 g/mol. The van der Waals surface area contributed by atoms with Gasteiger partial charge in [-0.05, 0) is 24.5 Å². The Kier molecular flexibility index (Phi) is 2.96. The Morgan fingerprint density at radius 2 is 2.25 bits per heavy atom. The number of thiophene rings is 1. The van der Waals surface area contributed by atoms with Gasteiger partial charge in [0.2, 0.25) is 5.91 Å². The van der Waals surface area contributed by atoms with Crippen molar-refractivity contribution in [2.75, 3.05) is 6.54 Å². The van der Waals surface area contributed by atoms with E-state index in [1.54, 1.807) is 17.9 Å². The summed E-state index contributed by atoms with van der Waals surface area (Å²) >= 11 is 1.33. The largest absolute Gasteiger partial charge is 0.477 e. The molecule has 0 fully saturated rings. The Morgan fingerprint density at radius 1 is 1.50 bits per heavy atom. The van der Waals surface area contributed by atoms with Gasteiger partial charge in [0.1, 0.15) is 4.88 Å². The number of hydrogen-bond donors (Lipinski definition) is 1. The first-order valence-corrected chi connectivity index (χ1v) is 6.00. The zero-order valence-electron chi connectivity index (χ0n) is 9.02. The topological polar surface area (TPSA) is 57.6 Å². The Balaban J connectivity index is 2.28. The van der Waals surface area contributed by atoms with Crippen LogP contribution in [0, 0.1) is 0 Å². The fourth-order valence-electron chi connectivity index (χ4n) is 1.90. The van der Waals surface area contributed by atoms with Crippen molar-refractivity contribution in [3.05, 3.63) is 21.4 Å². The lowest BCUT2D eigenvalue weighted by Gasteiger charge is -2.17. The predicted molar refractivity (Wildman–Crippen MR) is 60.7 cm³/mol. The second kappa shape index (κ2) is 4.25. The molecule has 1 aliphatic heterocycles. The van der Waals surface area contributed by atoms with Crippen molar-refractivity contribution in [3.8, 4) is 0 Å². The summed E-state index contributed by atoms with van der Waals surface area (Å²) in [4.78, 5) is 25.4. The Labute approximate surface area is 97.5 Å². The van der Waals surface area contributed by atoms with Crippen LogP contribution < -0.4 is 0 Å². The van der Waals surface area contributed by atoms with Crippen LogP contribution in [0.1, 0.15) is 33.5 Å². The van der Waals surface area contributed by atoms with Crippen LogP contribution in [-0.4, -0.2) is 28.4 Å². The molecule has 2 heterocycles. The van der Waals surface area contributed by atoms with E-state index >= 15 is 0 Å². The fourth-order valence-corrected chi connectivity index (χ4v) is 2.96. The number of fused-ring (bicyclic) bond motifs is 1. The summed E-state index contributed by atoms with van der Waals surface area (Å²) in [5.74, 6) is -0.830. The number of aryl methyl sites for hydroxylation is 1. The van der Waals surface area contributed by atoms with Gasteiger partial charge < -0.3 is 10.0 Å². The number of rotatable bonds is 1. The molecule has 86 valence electrons. The molecule has 1 aromatic heterocycles. The van der Waals surface area contributed by atoms with E-state index in [0.29, 0.717) is 11.4 Å². The van der Waals surface area contributed by atoms with Crippen molar-refractivity contribution in [1.82, 2.24) is 4.90 Å². The number of carboxylic acid groups (broad SMARTS) is 1. The molecule has 0 aliphatic carbocycles. The molecule has 5 heteroatoms. The number of carbonyl (C=O) groups is 2. The molecule has 0 unspecified atom stereocenters. The Bertz CT molecular complexity index is 438. The third-order valence-electron chi connectivity index (χ3n) is 2.75. The van der Waals surface area contributed by atoms with Crippen molar-refractivity contribution >= 4 is 23.2 Å². The molecule has 0 saturated heterocycles. The van der Waals surface area contributed by atoms with E-state index in [0.717, 1.165) is 29.8 Å². The van der Waals surface area contributed by atoms with Crippen molar-refractivity contribution in [2.45, 2.75) is 26.3 Å². The molecule has 0 atom stereocenters. The Hall–Kier alpha value is -1.36. The number of nitrogens with zero attached hydrogens (tertiary/aromatic N) is 1. The summed E-state index contributed by atoms with van der Waals surface area (Å²) in [6.45, 7) is 2.86. The molecule has 1 amide bonds. The number of carboxylic acids is 1. The van der Waals surface area contributed by atoms with E-state index in [1.165, 1.54) is 11.3 Å². The summed E-state index contributed by atoms with van der Waals surface area (Å²) in [6.07, 6.45) is 1.78. The predicted octanol–water partition coefficient (Wildman–Crippen LogP) is 1.74. The average Bonchev–Trinajstić information content (AvgIpc) is 2.50. The number of carbonyl (C=O) groups excluding carboxylic acids is 1. The van der Waals surface area contributed by atoms with Gasteiger partial charge in [0.25, 0.3) is 0 Å². The van der Waals surface area contributed by atoms with Crippen LogP contribution in [0.3, 0.4) is 0 Å². The molecular formula is C11H13NO3S. The smallest absolute Gasteiger partial charge is 0.345 e. The lowest BCUT2D eigenvalue weighted by molar-refractivity contribution is -0.129. The van der Waals surface area contributed by atoms with Crippen LogP contribution >= 0.6 is 11.3 Å². The van der Waals surface area contributed by atoms with E-state index in [1.807, 2.05) is 0 Å². The van der Waals surface area contributed by atoms with Crippen LogP contribution in [0.5, 0.6) is 0 Å². The van der Waals surface area contributed by atoms with Crippen LogP contribution in [0.15, 0.2) is 6.07 Å². The standard InChI is InChI=1S/C11H13NO3S/c1-7(13)12-4-2-3-9-8(6-12)5-10(16-9)11(14)15/h5H,2-4,6H2,1H3,(H,14,15). The van der Waals surface area contributed by atoms with Gasteiger partial charge in [-0.1, -0.05) is 0 Å². The summed E-state index contributed by atoms with van der Waals surface area (Å²) in [6, 6.07) is 1.70. The van der Waals surface area contributed by atoms with Crippen LogP contribution in [0.25, 0.3) is 0 Å². The van der Waals surface area contributed by atoms with Crippen LogP contribution in [-0.2, 0) is 17.8 Å². The van der Waals surface area contributed by atoms with Crippen LogP contribution in [0.4, 0.5) is 0 Å². The van der Waals surface area contributed by atoms with E-state index in [-0.39, 0.29) is 5.91 Å². The third-order valence-corrected chi connectivity index (χ3v) is 3.97. The number of aromatic carboxylic acids is 1. The van der Waals surface area contributed by atoms with Gasteiger partial charge in [0.05, 0.1) is 0 Å². The highest BCUT2D eigenvalue weighted by atomic mass is 32.1. The molecule has 0 spiro atoms. The number of hydrogen-bond acceptors (Lipinski definition) is 3. The van der Waals surface area contributed by atoms with E-state index < -0.39 is 5.97 Å². The van der Waals surface area contributed by atoms with Gasteiger partial charge in [-0.15, -0.1) is 11.3 Å². The number of amides is 1. The van der Waals surface area contributed by atoms with Gasteiger partial charge >= 0.3 is 5.97 Å². The monoisotopic (exact) mass is 239 g/mol. The molecule has 16 heavy (non-hydrogen) atoms. The van der Waals surface area contributed by atoms with Gasteiger partial charge in [0, 0.05) is 24.9 Å². The first kappa shape index (κ1) is 11.1. The average molecular weight is 239 g/mol. The molecule has 0 aromatic carbocycles. The van der Waals surface area contributed by atoms with Crippen LogP contribution in [0.2, 0.25) is 0 Å². The highest BCUT2D eigenvalue weighted by molar-refractivity contribution is 7.14. The minimum Gasteiger partial charge on any atom is -0.477 e. The highest BCUT2D eigenvalue weighted by Gasteiger charge is 2.20. The summed E-state index contributed by atoms with van der Waals surface area (Å²) < 4.78 is 0. The maximum atomic E-state index is 11.3. The molecule has 4 nitrogen and oxygen atoms in total. The second-order valence-corrected chi connectivity index (χ2v) is 5.05. The highest BCUT2D eigenvalue weighted by Crippen LogP contribution is 2.27. The maximum absolute atomic E-state index is 11.3. The second-order valence-electron chi connectivity index (χ2n) is 3.91. The minimum absolute atomic E-state index is 0.0518. The molecule has 0 saturated carbocycles. The van der Waals surface area contributed by atoms with Crippen molar-refractivity contribution in [3.63, 3.8) is 0 Å². The Morgan fingerprint density at radius 3 is 2.88 bits per heavy atom. The quantitative estimate of drug-likeness (QED) is 0.812. The van der Waals surface area contributed by atoms with Gasteiger partial charge in [0.15, 0.2) is 0 Å². The fraction of sp³-hybridized carbons (Fsp3) is 0.455. The molecule has 1 aromatic rings. The van der Waals surface area contributed by atoms with E-state index in [9.17, 15) is 9.59 Å². The SMILES string of the molecule is CC(=O)N1CCCc2sc(C(=O)O)cc2C1. The molecule has 1 N–H and O–H groups in total. The third kappa shape index (κ3) is 2.09. The lowest BCUT2D eigenvalue weighted by atomic mass is 10.2. The maximum Gasteiger partial charge on any atom is 0.345 e. The van der Waals surface area contributed by atoms with Gasteiger partial charge in [-0.3, -0.25) is 4.79 Å². The molecule has 2 rings (SSSR count). The zero-order valence-corrected chi connectivity index (χ0v) is 9.84. The first-order valence-electron chi connectivity index (χ1n) is 5.18. The first-order chi connectivity index (χ1) is 7.58. The van der Waals surface area contributed by atoms with Gasteiger partial charge in [-0.25, -0.2) is 4.79 Å². The summed E-state index contributed by atoms with van der Waals surface area (Å²) in [7, 11) is 0. The van der Waals surface area contributed by atoms with Crippen molar-refractivity contribution in [1.29, 1.82) is 0 Å². The molecule has 0 radical (unpaired) electrons. The minimum atomic E-state index is -0.882. The summed E-state index contributed by atoms with van der Waals surface area (Å²) in [5, 5.41) is 8.91.